The summed E-state index contributed by atoms with van der Waals surface area (Å²) >= 11 is 0. The lowest BCUT2D eigenvalue weighted by atomic mass is 10.0. The van der Waals surface area contributed by atoms with Crippen molar-refractivity contribution in [3.05, 3.63) is 30.2 Å². The number of carboxylic acid groups (broad SMARTS) is 1. The van der Waals surface area contributed by atoms with Gasteiger partial charge in [0.25, 0.3) is 0 Å². The van der Waals surface area contributed by atoms with Crippen LogP contribution in [0.25, 0.3) is 0 Å². The number of hydrogen-bond acceptors (Lipinski definition) is 4. The summed E-state index contributed by atoms with van der Waals surface area (Å²) in [5.74, 6) is 0.0790. The van der Waals surface area contributed by atoms with E-state index in [2.05, 4.69) is 27.4 Å². The summed E-state index contributed by atoms with van der Waals surface area (Å²) < 4.78 is 0. The first-order valence-corrected chi connectivity index (χ1v) is 5.18. The molecular formula is C11H13N3O2. The van der Waals surface area contributed by atoms with Crippen molar-refractivity contribution in [3.63, 3.8) is 0 Å². The molecule has 16 heavy (non-hydrogen) atoms. The van der Waals surface area contributed by atoms with Crippen LogP contribution < -0.4 is 5.32 Å². The third-order valence-electron chi connectivity index (χ3n) is 2.54. The van der Waals surface area contributed by atoms with Crippen LogP contribution in [0.3, 0.4) is 0 Å². The van der Waals surface area contributed by atoms with Gasteiger partial charge in [0.2, 0.25) is 0 Å². The quantitative estimate of drug-likeness (QED) is 0.749. The second-order valence-electron chi connectivity index (χ2n) is 3.72. The van der Waals surface area contributed by atoms with Gasteiger partial charge in [-0.1, -0.05) is 12.2 Å². The number of carboxylic acids is 1. The van der Waals surface area contributed by atoms with Crippen molar-refractivity contribution < 1.29 is 9.90 Å². The predicted octanol–water partition coefficient (Wildman–Crippen LogP) is 1.41. The molecule has 2 rings (SSSR count). The van der Waals surface area contributed by atoms with Crippen LogP contribution in [0.5, 0.6) is 0 Å². The lowest BCUT2D eigenvalue weighted by Crippen LogP contribution is -2.13. The van der Waals surface area contributed by atoms with E-state index in [9.17, 15) is 4.79 Å². The van der Waals surface area contributed by atoms with Crippen LogP contribution in [0.1, 0.15) is 24.5 Å². The van der Waals surface area contributed by atoms with Gasteiger partial charge in [-0.25, -0.2) is 9.97 Å². The smallest absolute Gasteiger partial charge is 0.322 e. The minimum Gasteiger partial charge on any atom is -0.480 e. The number of nitrogens with zero attached hydrogens (tertiary/aromatic N) is 2. The SMILES string of the molecule is O=C(O)CNc1cc(C2CC=CC2)ncn1. The number of aliphatic carboxylic acids is 1. The number of rotatable bonds is 4. The fourth-order valence-electron chi connectivity index (χ4n) is 1.72. The van der Waals surface area contributed by atoms with Gasteiger partial charge >= 0.3 is 5.97 Å². The van der Waals surface area contributed by atoms with Crippen molar-refractivity contribution in [1.82, 2.24) is 9.97 Å². The summed E-state index contributed by atoms with van der Waals surface area (Å²) in [5.41, 5.74) is 0.966. The van der Waals surface area contributed by atoms with E-state index in [-0.39, 0.29) is 6.54 Å². The Kier molecular flexibility index (Phi) is 3.14. The Hall–Kier alpha value is -1.91. The highest BCUT2D eigenvalue weighted by molar-refractivity contribution is 5.72. The number of aromatic nitrogens is 2. The van der Waals surface area contributed by atoms with E-state index >= 15 is 0 Å². The second kappa shape index (κ2) is 4.74. The van der Waals surface area contributed by atoms with Gasteiger partial charge in [0, 0.05) is 17.7 Å². The highest BCUT2D eigenvalue weighted by Crippen LogP contribution is 2.28. The zero-order valence-corrected chi connectivity index (χ0v) is 8.76. The van der Waals surface area contributed by atoms with E-state index < -0.39 is 5.97 Å². The monoisotopic (exact) mass is 219 g/mol. The molecule has 5 nitrogen and oxygen atoms in total. The van der Waals surface area contributed by atoms with Crippen molar-refractivity contribution in [1.29, 1.82) is 0 Å². The molecule has 1 aromatic heterocycles. The molecule has 1 aromatic rings. The zero-order valence-electron chi connectivity index (χ0n) is 8.76. The van der Waals surface area contributed by atoms with Gasteiger partial charge in [-0.15, -0.1) is 0 Å². The maximum atomic E-state index is 10.4. The van der Waals surface area contributed by atoms with Crippen LogP contribution >= 0.6 is 0 Å². The van der Waals surface area contributed by atoms with Crippen LogP contribution in [0.2, 0.25) is 0 Å². The summed E-state index contributed by atoms with van der Waals surface area (Å²) in [5, 5.41) is 11.3. The fourth-order valence-corrected chi connectivity index (χ4v) is 1.72. The number of carbonyl (C=O) groups is 1. The third kappa shape index (κ3) is 2.56. The predicted molar refractivity (Wildman–Crippen MR) is 59.3 cm³/mol. The van der Waals surface area contributed by atoms with E-state index in [0.717, 1.165) is 18.5 Å². The van der Waals surface area contributed by atoms with Gasteiger partial charge in [0.05, 0.1) is 0 Å². The van der Waals surface area contributed by atoms with E-state index in [1.54, 1.807) is 0 Å². The maximum absolute atomic E-state index is 10.4. The molecule has 84 valence electrons. The molecule has 1 aliphatic carbocycles. The molecule has 5 heteroatoms. The maximum Gasteiger partial charge on any atom is 0.322 e. The Morgan fingerprint density at radius 2 is 2.19 bits per heavy atom. The number of allylic oxidation sites excluding steroid dienone is 2. The summed E-state index contributed by atoms with van der Waals surface area (Å²) in [6, 6.07) is 1.82. The topological polar surface area (TPSA) is 75.1 Å². The van der Waals surface area contributed by atoms with E-state index in [4.69, 9.17) is 5.11 Å². The Labute approximate surface area is 93.2 Å². The van der Waals surface area contributed by atoms with E-state index in [0.29, 0.717) is 11.7 Å². The lowest BCUT2D eigenvalue weighted by molar-refractivity contribution is -0.134. The van der Waals surface area contributed by atoms with Crippen LogP contribution in [0.4, 0.5) is 5.82 Å². The molecule has 1 aliphatic rings. The summed E-state index contributed by atoms with van der Waals surface area (Å²) in [6.07, 6.45) is 7.73. The molecule has 0 atom stereocenters. The minimum absolute atomic E-state index is 0.126. The molecule has 2 N–H and O–H groups in total. The Morgan fingerprint density at radius 3 is 2.88 bits per heavy atom. The van der Waals surface area contributed by atoms with Crippen LogP contribution in [-0.2, 0) is 4.79 Å². The minimum atomic E-state index is -0.900. The first kappa shape index (κ1) is 10.6. The average molecular weight is 219 g/mol. The van der Waals surface area contributed by atoms with Crippen LogP contribution in [0.15, 0.2) is 24.5 Å². The van der Waals surface area contributed by atoms with E-state index in [1.165, 1.54) is 6.33 Å². The zero-order chi connectivity index (χ0) is 11.4. The number of nitrogens with one attached hydrogen (secondary N) is 1. The van der Waals surface area contributed by atoms with E-state index in [1.807, 2.05) is 6.07 Å². The van der Waals surface area contributed by atoms with Crippen molar-refractivity contribution in [2.75, 3.05) is 11.9 Å². The van der Waals surface area contributed by atoms with Gasteiger partial charge < -0.3 is 10.4 Å². The molecule has 0 amide bonds. The number of anilines is 1. The van der Waals surface area contributed by atoms with Crippen LogP contribution in [-0.4, -0.2) is 27.6 Å². The average Bonchev–Trinajstić information content (AvgIpc) is 2.80. The van der Waals surface area contributed by atoms with Crippen molar-refractivity contribution in [2.24, 2.45) is 0 Å². The molecule has 0 spiro atoms. The lowest BCUT2D eigenvalue weighted by Gasteiger charge is -2.09. The van der Waals surface area contributed by atoms with Gasteiger partial charge in [-0.05, 0) is 12.8 Å². The van der Waals surface area contributed by atoms with Gasteiger partial charge in [0.1, 0.15) is 18.7 Å². The molecule has 1 heterocycles. The molecule has 0 fully saturated rings. The Bertz CT molecular complexity index is 409. The Morgan fingerprint density at radius 1 is 1.44 bits per heavy atom. The molecule has 0 aromatic carbocycles. The van der Waals surface area contributed by atoms with Gasteiger partial charge in [0.15, 0.2) is 0 Å². The summed E-state index contributed by atoms with van der Waals surface area (Å²) in [4.78, 5) is 18.6. The summed E-state index contributed by atoms with van der Waals surface area (Å²) in [7, 11) is 0. The molecular weight excluding hydrogens is 206 g/mol. The highest BCUT2D eigenvalue weighted by Gasteiger charge is 2.14. The number of hydrogen-bond donors (Lipinski definition) is 2. The third-order valence-corrected chi connectivity index (χ3v) is 2.54. The van der Waals surface area contributed by atoms with Crippen molar-refractivity contribution in [2.45, 2.75) is 18.8 Å². The first-order valence-electron chi connectivity index (χ1n) is 5.18. The molecule has 0 radical (unpaired) electrons. The molecule has 0 aliphatic heterocycles. The molecule has 0 unspecified atom stereocenters. The molecule has 0 saturated heterocycles. The first-order chi connectivity index (χ1) is 7.75. The molecule has 0 saturated carbocycles. The molecule has 0 bridgehead atoms. The van der Waals surface area contributed by atoms with Crippen LogP contribution in [0, 0.1) is 0 Å². The summed E-state index contributed by atoms with van der Waals surface area (Å²) in [6.45, 7) is -0.126. The normalized spacial score (nSPS) is 15.2. The van der Waals surface area contributed by atoms with Gasteiger partial charge in [-0.3, -0.25) is 4.79 Å². The standard InChI is InChI=1S/C11H13N3O2/c15-11(16)6-12-10-5-9(13-7-14-10)8-3-1-2-4-8/h1-2,5,7-8H,3-4,6H2,(H,15,16)(H,12,13,14). The Balaban J connectivity index is 2.04. The largest absolute Gasteiger partial charge is 0.480 e. The van der Waals surface area contributed by atoms with Gasteiger partial charge in [-0.2, -0.15) is 0 Å². The highest BCUT2D eigenvalue weighted by atomic mass is 16.4. The van der Waals surface area contributed by atoms with Crippen molar-refractivity contribution in [3.8, 4) is 0 Å². The van der Waals surface area contributed by atoms with Crippen molar-refractivity contribution >= 4 is 11.8 Å². The fraction of sp³-hybridized carbons (Fsp3) is 0.364. The second-order valence-corrected chi connectivity index (χ2v) is 3.72.